The Balaban J connectivity index is 2.20. The summed E-state index contributed by atoms with van der Waals surface area (Å²) >= 11 is 6.15. The first kappa shape index (κ1) is 18.6. The van der Waals surface area contributed by atoms with Crippen LogP contribution in [0.25, 0.3) is 22.3 Å². The van der Waals surface area contributed by atoms with Gasteiger partial charge in [-0.3, -0.25) is 14.6 Å². The molecule has 0 amide bonds. The molecular weight excluding hydrogens is 376 g/mol. The van der Waals surface area contributed by atoms with E-state index in [0.29, 0.717) is 21.7 Å². The van der Waals surface area contributed by atoms with Gasteiger partial charge in [-0.05, 0) is 18.2 Å². The summed E-state index contributed by atoms with van der Waals surface area (Å²) in [6.07, 6.45) is 0. The Hall–Kier alpha value is -3.19. The molecule has 0 bridgehead atoms. The van der Waals surface area contributed by atoms with Gasteiger partial charge < -0.3 is 13.9 Å². The van der Waals surface area contributed by atoms with Crippen LogP contribution in [0.3, 0.4) is 0 Å². The number of carbonyl (C=O) groups excluding carboxylic acids is 1. The summed E-state index contributed by atoms with van der Waals surface area (Å²) in [5, 5.41) is 0.673. The lowest BCUT2D eigenvalue weighted by Gasteiger charge is -2.14. The Bertz CT molecular complexity index is 1070. The summed E-state index contributed by atoms with van der Waals surface area (Å²) in [6, 6.07) is 9.34. The van der Waals surface area contributed by atoms with Gasteiger partial charge in [-0.15, -0.1) is 0 Å². The van der Waals surface area contributed by atoms with E-state index in [0.717, 1.165) is 0 Å². The predicted octanol–water partition coefficient (Wildman–Crippen LogP) is 3.99. The molecule has 0 radical (unpaired) electrons. The van der Waals surface area contributed by atoms with E-state index in [4.69, 9.17) is 30.4 Å². The maximum Gasteiger partial charge on any atom is 0.352 e. The molecule has 0 N–H and O–H groups in total. The summed E-state index contributed by atoms with van der Waals surface area (Å²) in [6.45, 7) is 1.19. The molecule has 27 heavy (non-hydrogen) atoms. The minimum Gasteiger partial charge on any atom is -0.493 e. The Labute approximate surface area is 158 Å². The Morgan fingerprint density at radius 2 is 1.81 bits per heavy atom. The summed E-state index contributed by atoms with van der Waals surface area (Å²) in [5.41, 5.74) is 0.443. The molecule has 0 aliphatic rings. The fourth-order valence-electron chi connectivity index (χ4n) is 2.52. The van der Waals surface area contributed by atoms with E-state index < -0.39 is 5.97 Å². The molecule has 7 nitrogen and oxygen atoms in total. The highest BCUT2D eigenvalue weighted by Crippen LogP contribution is 2.41. The number of hydrogen-bond acceptors (Lipinski definition) is 7. The first-order chi connectivity index (χ1) is 12.9. The van der Waals surface area contributed by atoms with Gasteiger partial charge in [0.2, 0.25) is 11.5 Å². The van der Waals surface area contributed by atoms with Crippen LogP contribution in [0.2, 0.25) is 5.02 Å². The lowest BCUT2D eigenvalue weighted by molar-refractivity contribution is -0.211. The van der Waals surface area contributed by atoms with E-state index in [1.807, 2.05) is 0 Å². The molecule has 0 atom stereocenters. The van der Waals surface area contributed by atoms with Crippen LogP contribution >= 0.6 is 11.6 Å². The van der Waals surface area contributed by atoms with Crippen LogP contribution in [0.4, 0.5) is 0 Å². The van der Waals surface area contributed by atoms with E-state index in [1.54, 1.807) is 24.3 Å². The standard InChI is InChI=1S/C19H15ClO7/c1-10(21)26-27-17-8-11(7-16(23-2)19(17)24-3)15-9-14(22)12-5-4-6-13(20)18(12)25-15/h4-9H,1-3H3. The van der Waals surface area contributed by atoms with Crippen molar-refractivity contribution in [3.05, 3.63) is 51.6 Å². The molecule has 1 heterocycles. The fourth-order valence-corrected chi connectivity index (χ4v) is 2.74. The number of carbonyl (C=O) groups is 1. The highest BCUT2D eigenvalue weighted by molar-refractivity contribution is 6.34. The van der Waals surface area contributed by atoms with Crippen molar-refractivity contribution in [1.82, 2.24) is 0 Å². The van der Waals surface area contributed by atoms with Crippen LogP contribution in [0.5, 0.6) is 17.2 Å². The van der Waals surface area contributed by atoms with Gasteiger partial charge in [0.05, 0.1) is 24.6 Å². The predicted molar refractivity (Wildman–Crippen MR) is 98.4 cm³/mol. The number of ether oxygens (including phenoxy) is 2. The first-order valence-electron chi connectivity index (χ1n) is 7.78. The van der Waals surface area contributed by atoms with Gasteiger partial charge >= 0.3 is 5.97 Å². The molecule has 140 valence electrons. The zero-order chi connectivity index (χ0) is 19.6. The highest BCUT2D eigenvalue weighted by Gasteiger charge is 2.19. The molecule has 0 spiro atoms. The quantitative estimate of drug-likeness (QED) is 0.481. The fraction of sp³-hybridized carbons (Fsp3) is 0.158. The van der Waals surface area contributed by atoms with Crippen molar-refractivity contribution in [1.29, 1.82) is 0 Å². The molecule has 0 unspecified atom stereocenters. The van der Waals surface area contributed by atoms with Crippen LogP contribution in [-0.2, 0) is 9.68 Å². The van der Waals surface area contributed by atoms with E-state index in [9.17, 15) is 9.59 Å². The molecule has 3 aromatic rings. The normalized spacial score (nSPS) is 10.5. The summed E-state index contributed by atoms with van der Waals surface area (Å²) < 4.78 is 16.4. The van der Waals surface area contributed by atoms with Crippen LogP contribution in [0.15, 0.2) is 45.6 Å². The van der Waals surface area contributed by atoms with E-state index >= 15 is 0 Å². The van der Waals surface area contributed by atoms with Gasteiger partial charge in [0, 0.05) is 24.6 Å². The maximum atomic E-state index is 12.4. The van der Waals surface area contributed by atoms with Crippen molar-refractivity contribution < 1.29 is 28.5 Å². The number of hydrogen-bond donors (Lipinski definition) is 0. The SMILES string of the molecule is COc1cc(-c2cc(=O)c3cccc(Cl)c3o2)cc(OOC(C)=O)c1OC. The number of methoxy groups -OCH3 is 2. The smallest absolute Gasteiger partial charge is 0.352 e. The molecule has 0 saturated heterocycles. The average Bonchev–Trinajstić information content (AvgIpc) is 2.66. The number of para-hydroxylation sites is 1. The van der Waals surface area contributed by atoms with Crippen LogP contribution < -0.4 is 19.8 Å². The summed E-state index contributed by atoms with van der Waals surface area (Å²) in [7, 11) is 2.85. The largest absolute Gasteiger partial charge is 0.493 e. The van der Waals surface area contributed by atoms with Gasteiger partial charge in [0.15, 0.2) is 16.8 Å². The Morgan fingerprint density at radius 1 is 1.07 bits per heavy atom. The molecule has 0 saturated carbocycles. The Morgan fingerprint density at radius 3 is 2.48 bits per heavy atom. The van der Waals surface area contributed by atoms with Crippen molar-refractivity contribution in [2.24, 2.45) is 0 Å². The second kappa shape index (κ2) is 7.59. The van der Waals surface area contributed by atoms with Crippen LogP contribution in [0, 0.1) is 0 Å². The first-order valence-corrected chi connectivity index (χ1v) is 8.16. The molecule has 1 aromatic heterocycles. The average molecular weight is 391 g/mol. The van der Waals surface area contributed by atoms with Gasteiger partial charge in [-0.2, -0.15) is 0 Å². The third-order valence-corrected chi connectivity index (χ3v) is 3.98. The molecule has 8 heteroatoms. The van der Waals surface area contributed by atoms with Crippen molar-refractivity contribution in [3.63, 3.8) is 0 Å². The molecule has 2 aromatic carbocycles. The monoisotopic (exact) mass is 390 g/mol. The topological polar surface area (TPSA) is 84.2 Å². The van der Waals surface area contributed by atoms with Crippen LogP contribution in [-0.4, -0.2) is 20.2 Å². The minimum absolute atomic E-state index is 0.0731. The van der Waals surface area contributed by atoms with Gasteiger partial charge in [-0.25, -0.2) is 4.79 Å². The van der Waals surface area contributed by atoms with Crippen molar-refractivity contribution in [2.45, 2.75) is 6.92 Å². The van der Waals surface area contributed by atoms with E-state index in [2.05, 4.69) is 4.89 Å². The number of fused-ring (bicyclic) bond motifs is 1. The van der Waals surface area contributed by atoms with Crippen molar-refractivity contribution in [3.8, 4) is 28.6 Å². The lowest BCUT2D eigenvalue weighted by atomic mass is 10.1. The molecule has 0 aliphatic heterocycles. The Kier molecular flexibility index (Phi) is 5.23. The van der Waals surface area contributed by atoms with Gasteiger partial charge in [0.25, 0.3) is 0 Å². The van der Waals surface area contributed by atoms with Crippen LogP contribution in [0.1, 0.15) is 6.92 Å². The second-order valence-corrected chi connectivity index (χ2v) is 5.87. The number of benzene rings is 2. The van der Waals surface area contributed by atoms with E-state index in [1.165, 1.54) is 33.3 Å². The molecule has 3 rings (SSSR count). The molecular formula is C19H15ClO7. The summed E-state index contributed by atoms with van der Waals surface area (Å²) in [5.74, 6) is 0.159. The third-order valence-electron chi connectivity index (χ3n) is 3.68. The van der Waals surface area contributed by atoms with Gasteiger partial charge in [0.1, 0.15) is 5.76 Å². The third kappa shape index (κ3) is 3.68. The number of rotatable bonds is 5. The van der Waals surface area contributed by atoms with Crippen molar-refractivity contribution >= 4 is 28.5 Å². The zero-order valence-corrected chi connectivity index (χ0v) is 15.5. The molecule has 0 fully saturated rings. The number of halogens is 1. The zero-order valence-electron chi connectivity index (χ0n) is 14.7. The highest BCUT2D eigenvalue weighted by atomic mass is 35.5. The minimum atomic E-state index is -0.648. The maximum absolute atomic E-state index is 12.4. The van der Waals surface area contributed by atoms with E-state index in [-0.39, 0.29) is 28.3 Å². The lowest BCUT2D eigenvalue weighted by Crippen LogP contribution is -2.05. The van der Waals surface area contributed by atoms with Gasteiger partial charge in [-0.1, -0.05) is 17.7 Å². The summed E-state index contributed by atoms with van der Waals surface area (Å²) in [4.78, 5) is 33.1. The van der Waals surface area contributed by atoms with Crippen molar-refractivity contribution in [2.75, 3.05) is 14.2 Å². The molecule has 0 aliphatic carbocycles. The second-order valence-electron chi connectivity index (χ2n) is 5.46.